The normalized spacial score (nSPS) is 14.9. The Balaban J connectivity index is 1.67. The molecule has 0 aliphatic heterocycles. The fourth-order valence-corrected chi connectivity index (χ4v) is 2.99. The van der Waals surface area contributed by atoms with Crippen LogP contribution in [0.3, 0.4) is 0 Å². The molecular weight excluding hydrogens is 334 g/mol. The Hall–Kier alpha value is -1.53. The number of aryl methyl sites for hydroxylation is 1. The number of rotatable bonds is 4. The summed E-state index contributed by atoms with van der Waals surface area (Å²) in [6.45, 7) is 1.78. The summed E-state index contributed by atoms with van der Waals surface area (Å²) in [4.78, 5) is 11.8. The number of hydrogen-bond acceptors (Lipinski definition) is 3. The first kappa shape index (κ1) is 17.8. The number of halogens is 1. The van der Waals surface area contributed by atoms with E-state index in [0.717, 1.165) is 18.4 Å². The fourth-order valence-electron chi connectivity index (χ4n) is 2.55. The van der Waals surface area contributed by atoms with Crippen LogP contribution in [0.1, 0.15) is 37.7 Å². The number of carbonyl (C=O) groups excluding carboxylic acids is 1. The van der Waals surface area contributed by atoms with E-state index in [1.165, 1.54) is 19.3 Å². The van der Waals surface area contributed by atoms with Crippen LogP contribution in [0.15, 0.2) is 18.2 Å². The third kappa shape index (κ3) is 6.23. The van der Waals surface area contributed by atoms with Crippen molar-refractivity contribution in [1.82, 2.24) is 16.2 Å². The first-order valence-corrected chi connectivity index (χ1v) is 8.57. The van der Waals surface area contributed by atoms with E-state index in [1.54, 1.807) is 18.2 Å². The van der Waals surface area contributed by atoms with E-state index in [-0.39, 0.29) is 12.5 Å². The first-order chi connectivity index (χ1) is 11.0. The Kier molecular flexibility index (Phi) is 6.92. The van der Waals surface area contributed by atoms with E-state index in [0.29, 0.717) is 21.9 Å². The SMILES string of the molecule is Cc1cc(Cl)ccc1OCC(=O)NNC(=S)NC1CCCCC1. The maximum absolute atomic E-state index is 11.8. The van der Waals surface area contributed by atoms with Gasteiger partial charge in [0.05, 0.1) is 0 Å². The monoisotopic (exact) mass is 355 g/mol. The minimum atomic E-state index is -0.299. The van der Waals surface area contributed by atoms with Gasteiger partial charge in [0.1, 0.15) is 5.75 Å². The van der Waals surface area contributed by atoms with E-state index in [1.807, 2.05) is 6.92 Å². The molecule has 0 heterocycles. The first-order valence-electron chi connectivity index (χ1n) is 7.79. The molecule has 7 heteroatoms. The van der Waals surface area contributed by atoms with Crippen molar-refractivity contribution in [2.24, 2.45) is 0 Å². The van der Waals surface area contributed by atoms with Crippen molar-refractivity contribution in [3.63, 3.8) is 0 Å². The van der Waals surface area contributed by atoms with Crippen molar-refractivity contribution in [3.8, 4) is 5.75 Å². The van der Waals surface area contributed by atoms with E-state index < -0.39 is 0 Å². The van der Waals surface area contributed by atoms with Crippen LogP contribution in [0, 0.1) is 6.92 Å². The lowest BCUT2D eigenvalue weighted by atomic mass is 9.96. The summed E-state index contributed by atoms with van der Waals surface area (Å²) in [7, 11) is 0. The molecule has 0 unspecified atom stereocenters. The predicted octanol–water partition coefficient (Wildman–Crippen LogP) is 2.86. The Morgan fingerprint density at radius 3 is 2.74 bits per heavy atom. The van der Waals surface area contributed by atoms with E-state index in [2.05, 4.69) is 16.2 Å². The average molecular weight is 356 g/mol. The van der Waals surface area contributed by atoms with Gasteiger partial charge >= 0.3 is 0 Å². The molecule has 23 heavy (non-hydrogen) atoms. The zero-order valence-electron chi connectivity index (χ0n) is 13.2. The van der Waals surface area contributed by atoms with Crippen molar-refractivity contribution >= 4 is 34.8 Å². The lowest BCUT2D eigenvalue weighted by Gasteiger charge is -2.24. The number of amides is 1. The molecule has 1 aliphatic carbocycles. The molecule has 1 aromatic rings. The summed E-state index contributed by atoms with van der Waals surface area (Å²) in [5.41, 5.74) is 6.12. The molecule has 126 valence electrons. The molecule has 0 radical (unpaired) electrons. The average Bonchev–Trinajstić information content (AvgIpc) is 2.53. The van der Waals surface area contributed by atoms with Crippen LogP contribution >= 0.6 is 23.8 Å². The van der Waals surface area contributed by atoms with Crippen LogP contribution in [-0.2, 0) is 4.79 Å². The number of benzene rings is 1. The minimum absolute atomic E-state index is 0.0957. The number of hydrazine groups is 1. The largest absolute Gasteiger partial charge is 0.483 e. The highest BCUT2D eigenvalue weighted by Crippen LogP contribution is 2.21. The molecule has 0 aromatic heterocycles. The predicted molar refractivity (Wildman–Crippen MR) is 95.6 cm³/mol. The maximum Gasteiger partial charge on any atom is 0.276 e. The number of carbonyl (C=O) groups is 1. The van der Waals surface area contributed by atoms with Crippen LogP contribution < -0.4 is 20.9 Å². The fraction of sp³-hybridized carbons (Fsp3) is 0.500. The second kappa shape index (κ2) is 8.93. The van der Waals surface area contributed by atoms with Gasteiger partial charge in [0.15, 0.2) is 11.7 Å². The summed E-state index contributed by atoms with van der Waals surface area (Å²) in [5, 5.41) is 4.29. The maximum atomic E-state index is 11.8. The molecule has 2 rings (SSSR count). The molecule has 0 atom stereocenters. The molecule has 3 N–H and O–H groups in total. The Labute approximate surface area is 147 Å². The Morgan fingerprint density at radius 2 is 2.04 bits per heavy atom. The van der Waals surface area contributed by atoms with Crippen LogP contribution in [0.2, 0.25) is 5.02 Å². The third-order valence-corrected chi connectivity index (χ3v) is 4.21. The summed E-state index contributed by atoms with van der Waals surface area (Å²) in [6, 6.07) is 5.65. The van der Waals surface area contributed by atoms with Crippen LogP contribution in [0.4, 0.5) is 0 Å². The Morgan fingerprint density at radius 1 is 1.30 bits per heavy atom. The molecular formula is C16H22ClN3O2S. The summed E-state index contributed by atoms with van der Waals surface area (Å²) in [6.07, 6.45) is 5.97. The number of hydrogen-bond donors (Lipinski definition) is 3. The van der Waals surface area contributed by atoms with Gasteiger partial charge in [-0.15, -0.1) is 0 Å². The van der Waals surface area contributed by atoms with Gasteiger partial charge in [-0.25, -0.2) is 0 Å². The number of nitrogens with one attached hydrogen (secondary N) is 3. The van der Waals surface area contributed by atoms with Crippen LogP contribution in [-0.4, -0.2) is 23.7 Å². The van der Waals surface area contributed by atoms with Crippen molar-refractivity contribution in [2.75, 3.05) is 6.61 Å². The Bertz CT molecular complexity index is 562. The lowest BCUT2D eigenvalue weighted by Crippen LogP contribution is -2.51. The van der Waals surface area contributed by atoms with Gasteiger partial charge in [-0.1, -0.05) is 30.9 Å². The zero-order valence-corrected chi connectivity index (χ0v) is 14.7. The van der Waals surface area contributed by atoms with Crippen molar-refractivity contribution in [2.45, 2.75) is 45.1 Å². The van der Waals surface area contributed by atoms with Gasteiger partial charge in [-0.3, -0.25) is 15.6 Å². The molecule has 0 spiro atoms. The van der Waals surface area contributed by atoms with Crippen molar-refractivity contribution in [3.05, 3.63) is 28.8 Å². The van der Waals surface area contributed by atoms with Crippen molar-refractivity contribution < 1.29 is 9.53 Å². The quantitative estimate of drug-likeness (QED) is 0.572. The molecule has 1 fully saturated rings. The van der Waals surface area contributed by atoms with E-state index in [4.69, 9.17) is 28.6 Å². The van der Waals surface area contributed by atoms with Crippen molar-refractivity contribution in [1.29, 1.82) is 0 Å². The van der Waals surface area contributed by atoms with Crippen LogP contribution in [0.25, 0.3) is 0 Å². The van der Waals surface area contributed by atoms with Gasteiger partial charge in [0, 0.05) is 11.1 Å². The highest BCUT2D eigenvalue weighted by molar-refractivity contribution is 7.80. The summed E-state index contributed by atoms with van der Waals surface area (Å²) >= 11 is 11.1. The molecule has 1 aliphatic rings. The zero-order chi connectivity index (χ0) is 16.7. The summed E-state index contributed by atoms with van der Waals surface area (Å²) < 4.78 is 5.46. The minimum Gasteiger partial charge on any atom is -0.483 e. The van der Waals surface area contributed by atoms with Gasteiger partial charge < -0.3 is 10.1 Å². The van der Waals surface area contributed by atoms with Gasteiger partial charge in [-0.05, 0) is 55.7 Å². The second-order valence-electron chi connectivity index (χ2n) is 5.68. The highest BCUT2D eigenvalue weighted by Gasteiger charge is 2.14. The molecule has 0 bridgehead atoms. The molecule has 5 nitrogen and oxygen atoms in total. The molecule has 1 amide bonds. The molecule has 1 aromatic carbocycles. The summed E-state index contributed by atoms with van der Waals surface area (Å²) in [5.74, 6) is 0.333. The van der Waals surface area contributed by atoms with Gasteiger partial charge in [0.2, 0.25) is 0 Å². The number of thiocarbonyl (C=S) groups is 1. The third-order valence-electron chi connectivity index (χ3n) is 3.75. The van der Waals surface area contributed by atoms with E-state index in [9.17, 15) is 4.79 Å². The number of ether oxygens (including phenoxy) is 1. The smallest absolute Gasteiger partial charge is 0.276 e. The van der Waals surface area contributed by atoms with E-state index >= 15 is 0 Å². The second-order valence-corrected chi connectivity index (χ2v) is 6.52. The van der Waals surface area contributed by atoms with Gasteiger partial charge in [-0.2, -0.15) is 0 Å². The van der Waals surface area contributed by atoms with Crippen LogP contribution in [0.5, 0.6) is 5.75 Å². The highest BCUT2D eigenvalue weighted by atomic mass is 35.5. The topological polar surface area (TPSA) is 62.4 Å². The molecule has 1 saturated carbocycles. The standard InChI is InChI=1S/C16H22ClN3O2S/c1-11-9-12(17)7-8-14(11)22-10-15(21)19-20-16(23)18-13-5-3-2-4-6-13/h7-9,13H,2-6,10H2,1H3,(H,19,21)(H2,18,20,23). The van der Waals surface area contributed by atoms with Gasteiger partial charge in [0.25, 0.3) is 5.91 Å². The lowest BCUT2D eigenvalue weighted by molar-refractivity contribution is -0.123. The molecule has 0 saturated heterocycles.